The maximum Gasteiger partial charge on any atom is 0.404 e. The minimum absolute atomic E-state index is 0.0524. The van der Waals surface area contributed by atoms with Crippen LogP contribution >= 0.6 is 0 Å². The highest BCUT2D eigenvalue weighted by Crippen LogP contribution is 2.21. The van der Waals surface area contributed by atoms with Crippen LogP contribution in [0.15, 0.2) is 18.2 Å². The molecule has 0 saturated carbocycles. The number of carbonyl (C=O) groups excluding carboxylic acids is 2. The van der Waals surface area contributed by atoms with Crippen LogP contribution in [0.25, 0.3) is 0 Å². The van der Waals surface area contributed by atoms with Crippen LogP contribution in [0.4, 0.5) is 4.79 Å². The predicted octanol–water partition coefficient (Wildman–Crippen LogP) is -0.0771. The maximum absolute atomic E-state index is 11.5. The van der Waals surface area contributed by atoms with E-state index >= 15 is 0 Å². The highest BCUT2D eigenvalue weighted by atomic mass is 16.5. The molecule has 0 heterocycles. The average molecular weight is 240 g/mol. The molecule has 0 bridgehead atoms. The normalized spacial score (nSPS) is 9.65. The lowest BCUT2D eigenvalue weighted by atomic mass is 10.2. The van der Waals surface area contributed by atoms with Gasteiger partial charge in [0, 0.05) is 0 Å². The van der Waals surface area contributed by atoms with Crippen molar-refractivity contribution < 1.29 is 24.5 Å². The van der Waals surface area contributed by atoms with Gasteiger partial charge in [-0.15, -0.1) is 0 Å². The van der Waals surface area contributed by atoms with Crippen molar-refractivity contribution in [1.82, 2.24) is 5.32 Å². The summed E-state index contributed by atoms with van der Waals surface area (Å²) in [7, 11) is 0. The van der Waals surface area contributed by atoms with E-state index in [9.17, 15) is 14.7 Å². The fourth-order valence-electron chi connectivity index (χ4n) is 1.12. The largest absolute Gasteiger partial charge is 0.508 e. The van der Waals surface area contributed by atoms with Crippen molar-refractivity contribution in [2.45, 2.75) is 0 Å². The van der Waals surface area contributed by atoms with Crippen molar-refractivity contribution in [1.29, 1.82) is 0 Å². The third-order valence-electron chi connectivity index (χ3n) is 1.86. The summed E-state index contributed by atoms with van der Waals surface area (Å²) in [5.74, 6) is -0.982. The first-order valence-corrected chi connectivity index (χ1v) is 4.73. The number of ether oxygens (including phenoxy) is 1. The summed E-state index contributed by atoms with van der Waals surface area (Å²) in [4.78, 5) is 21.7. The molecule has 0 fully saturated rings. The second-order valence-corrected chi connectivity index (χ2v) is 3.12. The number of carbonyl (C=O) groups is 2. The van der Waals surface area contributed by atoms with Crippen LogP contribution in [0.1, 0.15) is 10.4 Å². The molecule has 7 heteroatoms. The van der Waals surface area contributed by atoms with Crippen LogP contribution < -0.4 is 11.1 Å². The molecular weight excluding hydrogens is 228 g/mol. The summed E-state index contributed by atoms with van der Waals surface area (Å²) in [6, 6.07) is 3.58. The number of phenols is 2. The van der Waals surface area contributed by atoms with Gasteiger partial charge in [-0.25, -0.2) is 4.79 Å². The third-order valence-corrected chi connectivity index (χ3v) is 1.86. The number of nitrogens with one attached hydrogen (secondary N) is 1. The SMILES string of the molecule is NC(=O)OCCNC(=O)c1cc(O)ccc1O. The molecule has 0 unspecified atom stereocenters. The van der Waals surface area contributed by atoms with E-state index in [2.05, 4.69) is 10.1 Å². The Balaban J connectivity index is 2.52. The molecule has 0 atom stereocenters. The number of phenolic OH excluding ortho intramolecular Hbond substituents is 2. The zero-order valence-electron chi connectivity index (χ0n) is 8.84. The quantitative estimate of drug-likeness (QED) is 0.433. The molecule has 0 saturated heterocycles. The van der Waals surface area contributed by atoms with Gasteiger partial charge in [0.25, 0.3) is 5.91 Å². The van der Waals surface area contributed by atoms with E-state index in [-0.39, 0.29) is 30.2 Å². The van der Waals surface area contributed by atoms with Gasteiger partial charge in [0.05, 0.1) is 12.1 Å². The Bertz CT molecular complexity index is 433. The van der Waals surface area contributed by atoms with Crippen LogP contribution in [0.2, 0.25) is 0 Å². The van der Waals surface area contributed by atoms with E-state index in [1.807, 2.05) is 0 Å². The highest BCUT2D eigenvalue weighted by Gasteiger charge is 2.11. The van der Waals surface area contributed by atoms with Crippen LogP contribution in [0.5, 0.6) is 11.5 Å². The van der Waals surface area contributed by atoms with Gasteiger partial charge in [0.15, 0.2) is 0 Å². The third kappa shape index (κ3) is 3.90. The van der Waals surface area contributed by atoms with Gasteiger partial charge in [-0.3, -0.25) is 4.79 Å². The number of benzene rings is 1. The van der Waals surface area contributed by atoms with Gasteiger partial charge in [-0.1, -0.05) is 0 Å². The Kier molecular flexibility index (Phi) is 4.15. The Hall–Kier alpha value is -2.44. The molecule has 1 rings (SSSR count). The van der Waals surface area contributed by atoms with Gasteiger partial charge in [-0.05, 0) is 18.2 Å². The van der Waals surface area contributed by atoms with E-state index in [4.69, 9.17) is 10.8 Å². The minimum Gasteiger partial charge on any atom is -0.508 e. The Morgan fingerprint density at radius 2 is 2.06 bits per heavy atom. The second kappa shape index (κ2) is 5.59. The van der Waals surface area contributed by atoms with Crippen molar-refractivity contribution in [3.8, 4) is 11.5 Å². The molecule has 0 aliphatic rings. The topological polar surface area (TPSA) is 122 Å². The summed E-state index contributed by atoms with van der Waals surface area (Å²) in [6.45, 7) is -0.0163. The summed E-state index contributed by atoms with van der Waals surface area (Å²) in [6.07, 6.45) is -0.931. The average Bonchev–Trinajstić information content (AvgIpc) is 2.27. The minimum atomic E-state index is -0.931. The second-order valence-electron chi connectivity index (χ2n) is 3.12. The van der Waals surface area contributed by atoms with E-state index in [1.165, 1.54) is 12.1 Å². The number of primary amides is 1. The highest BCUT2D eigenvalue weighted by molar-refractivity contribution is 5.97. The van der Waals surface area contributed by atoms with Crippen molar-refractivity contribution in [3.63, 3.8) is 0 Å². The van der Waals surface area contributed by atoms with E-state index in [0.29, 0.717) is 0 Å². The fourth-order valence-corrected chi connectivity index (χ4v) is 1.12. The van der Waals surface area contributed by atoms with Gasteiger partial charge in [0.2, 0.25) is 0 Å². The van der Waals surface area contributed by atoms with Crippen molar-refractivity contribution in [2.75, 3.05) is 13.2 Å². The first kappa shape index (κ1) is 12.6. The van der Waals surface area contributed by atoms with Crippen LogP contribution in [0.3, 0.4) is 0 Å². The van der Waals surface area contributed by atoms with Gasteiger partial charge in [-0.2, -0.15) is 0 Å². The van der Waals surface area contributed by atoms with Crippen LogP contribution in [-0.4, -0.2) is 35.4 Å². The molecule has 0 aromatic heterocycles. The summed E-state index contributed by atoms with van der Waals surface area (Å²) < 4.78 is 4.39. The molecule has 0 radical (unpaired) electrons. The Morgan fingerprint density at radius 3 is 2.71 bits per heavy atom. The van der Waals surface area contributed by atoms with Crippen molar-refractivity contribution in [3.05, 3.63) is 23.8 Å². The van der Waals surface area contributed by atoms with Crippen molar-refractivity contribution >= 4 is 12.0 Å². The Labute approximate surface area is 96.8 Å². The molecule has 7 nitrogen and oxygen atoms in total. The van der Waals surface area contributed by atoms with Crippen LogP contribution in [-0.2, 0) is 4.74 Å². The molecule has 5 N–H and O–H groups in total. The molecule has 1 aromatic rings. The predicted molar refractivity (Wildman–Crippen MR) is 57.6 cm³/mol. The van der Waals surface area contributed by atoms with Gasteiger partial charge in [0.1, 0.15) is 18.1 Å². The van der Waals surface area contributed by atoms with Gasteiger partial charge >= 0.3 is 6.09 Å². The fraction of sp³-hybridized carbons (Fsp3) is 0.200. The molecular formula is C10H12N2O5. The molecule has 17 heavy (non-hydrogen) atoms. The molecule has 0 spiro atoms. The summed E-state index contributed by atoms with van der Waals surface area (Å²) in [5.41, 5.74) is 4.65. The number of aromatic hydroxyl groups is 2. The Morgan fingerprint density at radius 1 is 1.35 bits per heavy atom. The lowest BCUT2D eigenvalue weighted by Crippen LogP contribution is -2.29. The first-order valence-electron chi connectivity index (χ1n) is 4.73. The summed E-state index contributed by atoms with van der Waals surface area (Å²) in [5, 5.41) is 20.9. The van der Waals surface area contributed by atoms with E-state index in [0.717, 1.165) is 6.07 Å². The van der Waals surface area contributed by atoms with Crippen molar-refractivity contribution in [2.24, 2.45) is 5.73 Å². The number of hydrogen-bond donors (Lipinski definition) is 4. The maximum atomic E-state index is 11.5. The van der Waals surface area contributed by atoms with E-state index in [1.54, 1.807) is 0 Å². The standard InChI is InChI=1S/C10H12N2O5/c11-10(16)17-4-3-12-9(15)7-5-6(13)1-2-8(7)14/h1-2,5,13-14H,3-4H2,(H2,11,16)(H,12,15). The molecule has 0 aliphatic carbocycles. The number of hydrogen-bond acceptors (Lipinski definition) is 5. The zero-order valence-corrected chi connectivity index (χ0v) is 8.84. The van der Waals surface area contributed by atoms with E-state index < -0.39 is 12.0 Å². The molecule has 0 aliphatic heterocycles. The number of rotatable bonds is 4. The number of nitrogens with two attached hydrogens (primary N) is 1. The smallest absolute Gasteiger partial charge is 0.404 e. The lowest BCUT2D eigenvalue weighted by molar-refractivity contribution is 0.0933. The number of amides is 2. The molecule has 2 amide bonds. The monoisotopic (exact) mass is 240 g/mol. The summed E-state index contributed by atoms with van der Waals surface area (Å²) >= 11 is 0. The van der Waals surface area contributed by atoms with Crippen LogP contribution in [0, 0.1) is 0 Å². The zero-order chi connectivity index (χ0) is 12.8. The lowest BCUT2D eigenvalue weighted by Gasteiger charge is -2.07. The molecule has 1 aromatic carbocycles. The van der Waals surface area contributed by atoms with Gasteiger partial charge < -0.3 is 26.0 Å². The first-order chi connectivity index (χ1) is 8.00. The molecule has 92 valence electrons.